The van der Waals surface area contributed by atoms with Gasteiger partial charge >= 0.3 is 0 Å². The molecule has 0 aliphatic carbocycles. The van der Waals surface area contributed by atoms with Gasteiger partial charge in [0.1, 0.15) is 11.5 Å². The molecular weight excluding hydrogens is 302 g/mol. The van der Waals surface area contributed by atoms with Crippen LogP contribution in [0.3, 0.4) is 0 Å². The van der Waals surface area contributed by atoms with E-state index in [1.54, 1.807) is 13.0 Å². The molecule has 1 N–H and O–H groups in total. The lowest BCUT2D eigenvalue weighted by atomic mass is 9.87. The van der Waals surface area contributed by atoms with Crippen LogP contribution >= 0.6 is 0 Å². The Morgan fingerprint density at radius 3 is 2.25 bits per heavy atom. The number of nitrogens with one attached hydrogen (secondary N) is 1. The molecule has 0 aliphatic rings. The average molecular weight is 327 g/mol. The maximum atomic E-state index is 12.1. The van der Waals surface area contributed by atoms with Crippen LogP contribution in [0, 0.1) is 6.92 Å². The molecule has 4 nitrogen and oxygen atoms in total. The van der Waals surface area contributed by atoms with Crippen molar-refractivity contribution < 1.29 is 14.0 Å². The van der Waals surface area contributed by atoms with Gasteiger partial charge in [-0.2, -0.15) is 0 Å². The fraction of sp³-hybridized carbons (Fsp3) is 0.400. The van der Waals surface area contributed by atoms with E-state index in [2.05, 4.69) is 26.1 Å². The number of anilines is 1. The Balaban J connectivity index is 1.92. The third-order valence-corrected chi connectivity index (χ3v) is 3.98. The molecule has 128 valence electrons. The Morgan fingerprint density at radius 1 is 1.12 bits per heavy atom. The summed E-state index contributed by atoms with van der Waals surface area (Å²) in [6, 6.07) is 9.63. The van der Waals surface area contributed by atoms with Gasteiger partial charge in [-0.25, -0.2) is 0 Å². The van der Waals surface area contributed by atoms with Gasteiger partial charge in [0.2, 0.25) is 5.91 Å². The minimum atomic E-state index is -0.0723. The molecule has 0 spiro atoms. The molecule has 0 aliphatic heterocycles. The van der Waals surface area contributed by atoms with Crippen LogP contribution in [0.15, 0.2) is 34.7 Å². The van der Waals surface area contributed by atoms with Crippen molar-refractivity contribution in [1.82, 2.24) is 0 Å². The van der Waals surface area contributed by atoms with Gasteiger partial charge in [-0.15, -0.1) is 0 Å². The lowest BCUT2D eigenvalue weighted by molar-refractivity contribution is -0.116. The third-order valence-electron chi connectivity index (χ3n) is 3.98. The van der Waals surface area contributed by atoms with Gasteiger partial charge in [0.15, 0.2) is 5.78 Å². The maximum Gasteiger partial charge on any atom is 0.224 e. The third kappa shape index (κ3) is 4.57. The molecule has 0 saturated carbocycles. The summed E-state index contributed by atoms with van der Waals surface area (Å²) < 4.78 is 5.53. The number of rotatable bonds is 5. The SMILES string of the molecule is CC(=O)c1cc(CCC(=O)Nc2ccc(C(C)(C)C)cc2)oc1C. The van der Waals surface area contributed by atoms with Crippen molar-refractivity contribution in [2.75, 3.05) is 5.32 Å². The number of furan rings is 1. The number of hydrogen-bond donors (Lipinski definition) is 1. The van der Waals surface area contributed by atoms with Gasteiger partial charge in [-0.1, -0.05) is 32.9 Å². The number of hydrogen-bond acceptors (Lipinski definition) is 3. The number of Topliss-reactive ketones (excluding diaryl/α,β-unsaturated/α-hetero) is 1. The highest BCUT2D eigenvalue weighted by Crippen LogP contribution is 2.23. The Bertz CT molecular complexity index is 733. The van der Waals surface area contributed by atoms with E-state index >= 15 is 0 Å². The smallest absolute Gasteiger partial charge is 0.224 e. The van der Waals surface area contributed by atoms with E-state index in [-0.39, 0.29) is 17.1 Å². The topological polar surface area (TPSA) is 59.3 Å². The molecule has 1 heterocycles. The minimum Gasteiger partial charge on any atom is -0.466 e. The second-order valence-electron chi connectivity index (χ2n) is 7.11. The van der Waals surface area contributed by atoms with Crippen LogP contribution in [0.1, 0.15) is 61.6 Å². The number of amides is 1. The molecule has 1 aromatic heterocycles. The number of carbonyl (C=O) groups is 2. The number of carbonyl (C=O) groups excluding carboxylic acids is 2. The van der Waals surface area contributed by atoms with Crippen LogP contribution in [-0.2, 0) is 16.6 Å². The first kappa shape index (κ1) is 18.0. The number of aryl methyl sites for hydroxylation is 2. The molecule has 1 aromatic carbocycles. The minimum absolute atomic E-state index is 0.0223. The van der Waals surface area contributed by atoms with Crippen LogP contribution in [0.5, 0.6) is 0 Å². The number of ketones is 1. The highest BCUT2D eigenvalue weighted by Gasteiger charge is 2.14. The summed E-state index contributed by atoms with van der Waals surface area (Å²) in [6.45, 7) is 9.73. The second kappa shape index (κ2) is 7.04. The summed E-state index contributed by atoms with van der Waals surface area (Å²) in [6.07, 6.45) is 0.783. The molecule has 2 rings (SSSR count). The molecule has 24 heavy (non-hydrogen) atoms. The van der Waals surface area contributed by atoms with Gasteiger partial charge in [0.05, 0.1) is 5.56 Å². The van der Waals surface area contributed by atoms with E-state index < -0.39 is 0 Å². The van der Waals surface area contributed by atoms with Crippen LogP contribution < -0.4 is 5.32 Å². The van der Waals surface area contributed by atoms with Gasteiger partial charge in [-0.3, -0.25) is 9.59 Å². The molecule has 0 fully saturated rings. The van der Waals surface area contributed by atoms with E-state index in [1.165, 1.54) is 12.5 Å². The Kier molecular flexibility index (Phi) is 5.27. The maximum absolute atomic E-state index is 12.1. The van der Waals surface area contributed by atoms with E-state index in [0.29, 0.717) is 29.9 Å². The summed E-state index contributed by atoms with van der Waals surface area (Å²) >= 11 is 0. The predicted octanol–water partition coefficient (Wildman–Crippen LogP) is 4.66. The molecule has 4 heteroatoms. The van der Waals surface area contributed by atoms with Crippen LogP contribution in [-0.4, -0.2) is 11.7 Å². The first-order chi connectivity index (χ1) is 11.2. The molecule has 2 aromatic rings. The largest absolute Gasteiger partial charge is 0.466 e. The quantitative estimate of drug-likeness (QED) is 0.813. The van der Waals surface area contributed by atoms with E-state index in [0.717, 1.165) is 5.69 Å². The zero-order chi connectivity index (χ0) is 17.9. The van der Waals surface area contributed by atoms with Crippen LogP contribution in [0.2, 0.25) is 0 Å². The van der Waals surface area contributed by atoms with E-state index in [4.69, 9.17) is 4.42 Å². The molecule has 0 saturated heterocycles. The standard InChI is InChI=1S/C20H25NO3/c1-13(22)18-12-17(24-14(18)2)10-11-19(23)21-16-8-6-15(7-9-16)20(3,4)5/h6-9,12H,10-11H2,1-5H3,(H,21,23). The second-order valence-corrected chi connectivity index (χ2v) is 7.11. The Hall–Kier alpha value is -2.36. The Labute approximate surface area is 143 Å². The van der Waals surface area contributed by atoms with Crippen molar-refractivity contribution in [3.8, 4) is 0 Å². The number of benzene rings is 1. The van der Waals surface area contributed by atoms with Crippen LogP contribution in [0.4, 0.5) is 5.69 Å². The molecule has 0 atom stereocenters. The predicted molar refractivity (Wildman–Crippen MR) is 95.5 cm³/mol. The van der Waals surface area contributed by atoms with Crippen molar-refractivity contribution >= 4 is 17.4 Å². The average Bonchev–Trinajstić information content (AvgIpc) is 2.86. The van der Waals surface area contributed by atoms with Crippen molar-refractivity contribution in [2.24, 2.45) is 0 Å². The molecule has 0 radical (unpaired) electrons. The summed E-state index contributed by atoms with van der Waals surface area (Å²) in [5.74, 6) is 1.18. The molecule has 1 amide bonds. The summed E-state index contributed by atoms with van der Waals surface area (Å²) in [5.41, 5.74) is 2.69. The lowest BCUT2D eigenvalue weighted by Crippen LogP contribution is -2.13. The van der Waals surface area contributed by atoms with Gasteiger partial charge in [-0.05, 0) is 43.0 Å². The van der Waals surface area contributed by atoms with Crippen molar-refractivity contribution in [3.63, 3.8) is 0 Å². The van der Waals surface area contributed by atoms with Gasteiger partial charge in [0.25, 0.3) is 0 Å². The first-order valence-electron chi connectivity index (χ1n) is 8.17. The van der Waals surface area contributed by atoms with E-state index in [1.807, 2.05) is 24.3 Å². The zero-order valence-electron chi connectivity index (χ0n) is 15.0. The highest BCUT2D eigenvalue weighted by atomic mass is 16.3. The lowest BCUT2D eigenvalue weighted by Gasteiger charge is -2.19. The fourth-order valence-corrected chi connectivity index (χ4v) is 2.53. The van der Waals surface area contributed by atoms with Crippen LogP contribution in [0.25, 0.3) is 0 Å². The Morgan fingerprint density at radius 2 is 1.75 bits per heavy atom. The molecular formula is C20H25NO3. The fourth-order valence-electron chi connectivity index (χ4n) is 2.53. The summed E-state index contributed by atoms with van der Waals surface area (Å²) in [5, 5.41) is 2.89. The van der Waals surface area contributed by atoms with Crippen molar-refractivity contribution in [3.05, 3.63) is 53.0 Å². The van der Waals surface area contributed by atoms with Crippen molar-refractivity contribution in [1.29, 1.82) is 0 Å². The molecule has 0 bridgehead atoms. The van der Waals surface area contributed by atoms with Gasteiger partial charge < -0.3 is 9.73 Å². The normalized spacial score (nSPS) is 11.4. The van der Waals surface area contributed by atoms with E-state index in [9.17, 15) is 9.59 Å². The van der Waals surface area contributed by atoms with Gasteiger partial charge in [0, 0.05) is 18.5 Å². The first-order valence-corrected chi connectivity index (χ1v) is 8.17. The summed E-state index contributed by atoms with van der Waals surface area (Å²) in [4.78, 5) is 23.5. The zero-order valence-corrected chi connectivity index (χ0v) is 15.0. The summed E-state index contributed by atoms with van der Waals surface area (Å²) in [7, 11) is 0. The molecule has 0 unspecified atom stereocenters. The monoisotopic (exact) mass is 327 g/mol. The highest BCUT2D eigenvalue weighted by molar-refractivity contribution is 5.95. The van der Waals surface area contributed by atoms with Crippen molar-refractivity contribution in [2.45, 2.75) is 52.9 Å².